The predicted molar refractivity (Wildman–Crippen MR) is 179 cm³/mol. The van der Waals surface area contributed by atoms with Gasteiger partial charge in [-0.25, -0.2) is 0 Å². The Bertz CT molecular complexity index is 1970. The number of hydrogen-bond acceptors (Lipinski definition) is 2. The van der Waals surface area contributed by atoms with Gasteiger partial charge in [0.1, 0.15) is 22.3 Å². The first-order valence-corrected chi connectivity index (χ1v) is 13.9. The fourth-order valence-electron chi connectivity index (χ4n) is 4.90. The van der Waals surface area contributed by atoms with Crippen LogP contribution in [0.4, 0.5) is 0 Å². The van der Waals surface area contributed by atoms with Crippen molar-refractivity contribution in [2.45, 2.75) is 20.8 Å². The van der Waals surface area contributed by atoms with Crippen LogP contribution in [-0.2, 0) is 0 Å². The van der Waals surface area contributed by atoms with Crippen molar-refractivity contribution in [1.29, 1.82) is 0 Å². The van der Waals surface area contributed by atoms with Gasteiger partial charge < -0.3 is 8.83 Å². The van der Waals surface area contributed by atoms with Crippen molar-refractivity contribution in [1.82, 2.24) is 0 Å². The van der Waals surface area contributed by atoms with Crippen molar-refractivity contribution in [3.05, 3.63) is 157 Å². The Labute approximate surface area is 241 Å². The fourth-order valence-corrected chi connectivity index (χ4v) is 4.90. The summed E-state index contributed by atoms with van der Waals surface area (Å²) in [4.78, 5) is 0. The summed E-state index contributed by atoms with van der Waals surface area (Å²) >= 11 is 0. The average molecular weight is 535 g/mol. The zero-order valence-corrected chi connectivity index (χ0v) is 23.8. The quantitative estimate of drug-likeness (QED) is 0.176. The van der Waals surface area contributed by atoms with E-state index in [1.165, 1.54) is 0 Å². The fraction of sp³-hybridized carbons (Fsp3) is 0.0769. The van der Waals surface area contributed by atoms with E-state index in [0.717, 1.165) is 66.2 Å². The average Bonchev–Trinajstić information content (AvgIpc) is 3.53. The standard InChI is InChI=1S/C39H34O2/c1-5-9-11-12-13-14-15-16-17-19-29(8-4)31-21-23-33-35-26-34-32-22-20-30(28(7-3)18-10-6-2)24-36(32)40-38(34)27-39(35)41-37(33)25-31/h5-27H,3H2,1-2,4H3/b9-5+,10-6-,12-11-,14-13-,16-15+,19-17+,28-18+,29-8+. The van der Waals surface area contributed by atoms with Gasteiger partial charge in [-0.05, 0) is 73.4 Å². The highest BCUT2D eigenvalue weighted by Gasteiger charge is 2.14. The number of hydrogen-bond donors (Lipinski definition) is 0. The molecule has 0 unspecified atom stereocenters. The molecule has 0 saturated carbocycles. The Kier molecular flexibility index (Phi) is 8.61. The Morgan fingerprint density at radius 1 is 0.537 bits per heavy atom. The van der Waals surface area contributed by atoms with Crippen LogP contribution >= 0.6 is 0 Å². The summed E-state index contributed by atoms with van der Waals surface area (Å²) in [7, 11) is 0. The molecule has 0 N–H and O–H groups in total. The lowest BCUT2D eigenvalue weighted by Crippen LogP contribution is -1.80. The molecule has 202 valence electrons. The van der Waals surface area contributed by atoms with Crippen molar-refractivity contribution in [2.24, 2.45) is 0 Å². The Balaban J connectivity index is 1.45. The maximum atomic E-state index is 6.34. The molecule has 0 bridgehead atoms. The monoisotopic (exact) mass is 534 g/mol. The molecule has 3 aromatic carbocycles. The van der Waals surface area contributed by atoms with E-state index >= 15 is 0 Å². The molecule has 2 heterocycles. The molecule has 41 heavy (non-hydrogen) atoms. The molecule has 0 fully saturated rings. The Morgan fingerprint density at radius 3 is 1.59 bits per heavy atom. The van der Waals surface area contributed by atoms with Gasteiger partial charge in [-0.1, -0.05) is 110 Å². The maximum Gasteiger partial charge on any atom is 0.139 e. The first-order chi connectivity index (χ1) is 20.2. The molecular weight excluding hydrogens is 500 g/mol. The second-order valence-electron chi connectivity index (χ2n) is 9.61. The van der Waals surface area contributed by atoms with E-state index in [1.807, 2.05) is 86.8 Å². The minimum atomic E-state index is 0.816. The largest absolute Gasteiger partial charge is 0.456 e. The molecule has 0 radical (unpaired) electrons. The second-order valence-corrected chi connectivity index (χ2v) is 9.61. The number of furan rings is 2. The molecule has 5 aromatic rings. The number of benzene rings is 3. The van der Waals surface area contributed by atoms with Crippen molar-refractivity contribution in [2.75, 3.05) is 0 Å². The number of fused-ring (bicyclic) bond motifs is 6. The molecule has 2 nitrogen and oxygen atoms in total. The van der Waals surface area contributed by atoms with Crippen LogP contribution in [0.5, 0.6) is 0 Å². The maximum absolute atomic E-state index is 6.34. The first kappa shape index (κ1) is 27.5. The molecule has 0 aliphatic rings. The van der Waals surface area contributed by atoms with Gasteiger partial charge in [-0.2, -0.15) is 0 Å². The van der Waals surface area contributed by atoms with Crippen molar-refractivity contribution < 1.29 is 8.83 Å². The molecule has 0 atom stereocenters. The highest BCUT2D eigenvalue weighted by atomic mass is 16.3. The third-order valence-electron chi connectivity index (χ3n) is 6.98. The van der Waals surface area contributed by atoms with E-state index in [0.29, 0.717) is 0 Å². The van der Waals surface area contributed by atoms with Gasteiger partial charge in [0.05, 0.1) is 0 Å². The number of rotatable bonds is 9. The highest BCUT2D eigenvalue weighted by molar-refractivity contribution is 6.15. The summed E-state index contributed by atoms with van der Waals surface area (Å²) in [5.74, 6) is 0. The van der Waals surface area contributed by atoms with Crippen LogP contribution in [0.2, 0.25) is 0 Å². The van der Waals surface area contributed by atoms with Gasteiger partial charge in [-0.3, -0.25) is 0 Å². The van der Waals surface area contributed by atoms with Crippen LogP contribution in [-0.4, -0.2) is 0 Å². The van der Waals surface area contributed by atoms with Crippen LogP contribution in [0.15, 0.2) is 155 Å². The van der Waals surface area contributed by atoms with Crippen LogP contribution in [0, 0.1) is 0 Å². The van der Waals surface area contributed by atoms with Gasteiger partial charge in [0.15, 0.2) is 0 Å². The molecule has 0 amide bonds. The van der Waals surface area contributed by atoms with Crippen molar-refractivity contribution in [3.63, 3.8) is 0 Å². The van der Waals surface area contributed by atoms with Crippen LogP contribution < -0.4 is 0 Å². The lowest BCUT2D eigenvalue weighted by atomic mass is 10.0. The van der Waals surface area contributed by atoms with Crippen LogP contribution in [0.1, 0.15) is 31.9 Å². The summed E-state index contributed by atoms with van der Waals surface area (Å²) in [5, 5.41) is 4.35. The molecule has 5 rings (SSSR count). The number of allylic oxidation sites excluding steroid dienone is 17. The summed E-state index contributed by atoms with van der Waals surface area (Å²) < 4.78 is 12.6. The molecule has 2 aromatic heterocycles. The third kappa shape index (κ3) is 5.92. The summed E-state index contributed by atoms with van der Waals surface area (Å²) in [6, 6.07) is 17.0. The van der Waals surface area contributed by atoms with Gasteiger partial charge in [0.2, 0.25) is 0 Å². The van der Waals surface area contributed by atoms with E-state index in [4.69, 9.17) is 8.83 Å². The minimum Gasteiger partial charge on any atom is -0.456 e. The molecular formula is C39H34O2. The van der Waals surface area contributed by atoms with Crippen molar-refractivity contribution >= 4 is 55.0 Å². The molecule has 0 saturated heterocycles. The molecule has 2 heteroatoms. The minimum absolute atomic E-state index is 0.816. The first-order valence-electron chi connectivity index (χ1n) is 13.9. The van der Waals surface area contributed by atoms with Gasteiger partial charge in [0, 0.05) is 27.6 Å². The molecule has 0 spiro atoms. The normalized spacial score (nSPS) is 14.0. The second kappa shape index (κ2) is 12.8. The lowest BCUT2D eigenvalue weighted by molar-refractivity contribution is 0.656. The Hall–Kier alpha value is -5.08. The predicted octanol–water partition coefficient (Wildman–Crippen LogP) is 11.8. The van der Waals surface area contributed by atoms with E-state index in [1.54, 1.807) is 0 Å². The third-order valence-corrected chi connectivity index (χ3v) is 6.98. The summed E-state index contributed by atoms with van der Waals surface area (Å²) in [6.45, 7) is 10.0. The van der Waals surface area contributed by atoms with Gasteiger partial charge >= 0.3 is 0 Å². The van der Waals surface area contributed by atoms with Crippen LogP contribution in [0.25, 0.3) is 55.0 Å². The van der Waals surface area contributed by atoms with E-state index in [-0.39, 0.29) is 0 Å². The van der Waals surface area contributed by atoms with E-state index in [2.05, 4.69) is 80.3 Å². The van der Waals surface area contributed by atoms with Crippen molar-refractivity contribution in [3.8, 4) is 0 Å². The molecule has 0 aliphatic carbocycles. The highest BCUT2D eigenvalue weighted by Crippen LogP contribution is 2.38. The SMILES string of the molecule is C=C/C(=C\C=C/C)c1ccc2c(c1)oc1cc3oc4cc(C(/C=C/C=C/C=C\C=C/C=C/C)=C/C)ccc4c3cc12. The van der Waals surface area contributed by atoms with Crippen LogP contribution in [0.3, 0.4) is 0 Å². The van der Waals surface area contributed by atoms with Gasteiger partial charge in [-0.15, -0.1) is 0 Å². The smallest absolute Gasteiger partial charge is 0.139 e. The lowest BCUT2D eigenvalue weighted by Gasteiger charge is -2.02. The zero-order valence-electron chi connectivity index (χ0n) is 23.8. The Morgan fingerprint density at radius 2 is 1.05 bits per heavy atom. The summed E-state index contributed by atoms with van der Waals surface area (Å²) in [5.41, 5.74) is 7.72. The van der Waals surface area contributed by atoms with E-state index < -0.39 is 0 Å². The summed E-state index contributed by atoms with van der Waals surface area (Å²) in [6.07, 6.45) is 30.3. The topological polar surface area (TPSA) is 26.3 Å². The van der Waals surface area contributed by atoms with E-state index in [9.17, 15) is 0 Å². The molecule has 0 aliphatic heterocycles. The van der Waals surface area contributed by atoms with Gasteiger partial charge in [0.25, 0.3) is 0 Å². The zero-order chi connectivity index (χ0) is 28.6.